The monoisotopic (exact) mass is 281 g/mol. The van der Waals surface area contributed by atoms with Gasteiger partial charge in [0.25, 0.3) is 10.2 Å². The number of nitriles is 1. The minimum absolute atomic E-state index is 0.0992. The van der Waals surface area contributed by atoms with Crippen LogP contribution in [-0.2, 0) is 16.8 Å². The van der Waals surface area contributed by atoms with E-state index in [0.717, 1.165) is 5.56 Å². The predicted molar refractivity (Wildman–Crippen MR) is 74.4 cm³/mol. The van der Waals surface area contributed by atoms with Gasteiger partial charge < -0.3 is 0 Å². The average molecular weight is 281 g/mol. The first kappa shape index (κ1) is 15.6. The van der Waals surface area contributed by atoms with Crippen molar-refractivity contribution in [3.05, 3.63) is 35.4 Å². The van der Waals surface area contributed by atoms with Crippen molar-refractivity contribution in [1.29, 1.82) is 5.26 Å². The Bertz CT molecular complexity index is 576. The molecule has 1 aromatic carbocycles. The summed E-state index contributed by atoms with van der Waals surface area (Å²) in [5.41, 5.74) is 1.32. The maximum Gasteiger partial charge on any atom is 0.282 e. The quantitative estimate of drug-likeness (QED) is 0.823. The van der Waals surface area contributed by atoms with Crippen LogP contribution in [0.25, 0.3) is 0 Å². The van der Waals surface area contributed by atoms with E-state index in [4.69, 9.17) is 5.26 Å². The first-order valence-corrected chi connectivity index (χ1v) is 7.37. The Labute approximate surface area is 115 Å². The fourth-order valence-corrected chi connectivity index (χ4v) is 2.85. The van der Waals surface area contributed by atoms with Crippen LogP contribution in [0.2, 0.25) is 0 Å². The lowest BCUT2D eigenvalue weighted by molar-refractivity contribution is 0.355. The lowest BCUT2D eigenvalue weighted by Crippen LogP contribution is -2.42. The third-order valence-corrected chi connectivity index (χ3v) is 5.01. The van der Waals surface area contributed by atoms with Gasteiger partial charge in [-0.2, -0.15) is 22.3 Å². The minimum atomic E-state index is -3.47. The third kappa shape index (κ3) is 3.77. The molecule has 19 heavy (non-hydrogen) atoms. The molecule has 0 atom stereocenters. The molecular weight excluding hydrogens is 262 g/mol. The van der Waals surface area contributed by atoms with Gasteiger partial charge in [0.1, 0.15) is 0 Å². The van der Waals surface area contributed by atoms with Crippen molar-refractivity contribution in [3.8, 4) is 6.07 Å². The van der Waals surface area contributed by atoms with Crippen LogP contribution in [-0.4, -0.2) is 37.2 Å². The van der Waals surface area contributed by atoms with Crippen molar-refractivity contribution >= 4 is 10.2 Å². The summed E-state index contributed by atoms with van der Waals surface area (Å²) in [5, 5.41) is 8.83. The summed E-state index contributed by atoms with van der Waals surface area (Å²) in [6.07, 6.45) is 0. The van der Waals surface area contributed by atoms with E-state index < -0.39 is 10.2 Å². The Hall–Kier alpha value is -1.42. The summed E-state index contributed by atoms with van der Waals surface area (Å²) in [6.45, 7) is 3.89. The molecule has 0 N–H and O–H groups in total. The highest BCUT2D eigenvalue weighted by molar-refractivity contribution is 7.86. The van der Waals surface area contributed by atoms with Crippen molar-refractivity contribution in [3.63, 3.8) is 0 Å². The van der Waals surface area contributed by atoms with Gasteiger partial charge in [-0.05, 0) is 31.5 Å². The molecule has 0 spiro atoms. The average Bonchev–Trinajstić information content (AvgIpc) is 2.37. The Morgan fingerprint density at radius 2 is 1.95 bits per heavy atom. The van der Waals surface area contributed by atoms with Crippen molar-refractivity contribution in [2.45, 2.75) is 26.4 Å². The molecule has 0 bridgehead atoms. The molecule has 0 radical (unpaired) electrons. The van der Waals surface area contributed by atoms with Gasteiger partial charge in [-0.1, -0.05) is 12.1 Å². The van der Waals surface area contributed by atoms with E-state index in [2.05, 4.69) is 0 Å². The van der Waals surface area contributed by atoms with Crippen molar-refractivity contribution in [2.75, 3.05) is 14.1 Å². The van der Waals surface area contributed by atoms with Crippen molar-refractivity contribution < 1.29 is 8.42 Å². The first-order valence-electron chi connectivity index (χ1n) is 5.97. The molecule has 0 fully saturated rings. The standard InChI is InChI=1S/C13H19N3O2S/c1-11(2)16(4)19(17,18)15(3)10-13-7-5-6-12(8-13)9-14/h5-8,11H,10H2,1-4H3. The summed E-state index contributed by atoms with van der Waals surface area (Å²) in [6, 6.07) is 8.89. The van der Waals surface area contributed by atoms with E-state index in [-0.39, 0.29) is 12.6 Å². The molecule has 6 heteroatoms. The van der Waals surface area contributed by atoms with Crippen LogP contribution < -0.4 is 0 Å². The largest absolute Gasteiger partial charge is 0.282 e. The predicted octanol–water partition coefficient (Wildman–Crippen LogP) is 1.58. The van der Waals surface area contributed by atoms with E-state index in [0.29, 0.717) is 5.56 Å². The van der Waals surface area contributed by atoms with E-state index in [1.165, 1.54) is 15.7 Å². The molecule has 104 valence electrons. The second-order valence-electron chi connectivity index (χ2n) is 4.69. The molecule has 0 aliphatic heterocycles. The van der Waals surface area contributed by atoms with Crippen LogP contribution in [0.1, 0.15) is 25.0 Å². The fourth-order valence-electron chi connectivity index (χ4n) is 1.56. The molecule has 0 unspecified atom stereocenters. The number of benzene rings is 1. The number of hydrogen-bond donors (Lipinski definition) is 0. The highest BCUT2D eigenvalue weighted by Crippen LogP contribution is 2.13. The van der Waals surface area contributed by atoms with E-state index in [9.17, 15) is 8.42 Å². The van der Waals surface area contributed by atoms with Gasteiger partial charge in [-0.25, -0.2) is 0 Å². The maximum absolute atomic E-state index is 12.2. The molecule has 0 saturated carbocycles. The molecular formula is C13H19N3O2S. The van der Waals surface area contributed by atoms with Gasteiger partial charge in [0, 0.05) is 26.7 Å². The van der Waals surface area contributed by atoms with Gasteiger partial charge in [-0.3, -0.25) is 0 Å². The Balaban J connectivity index is 2.90. The summed E-state index contributed by atoms with van der Waals surface area (Å²) >= 11 is 0. The summed E-state index contributed by atoms with van der Waals surface area (Å²) in [4.78, 5) is 0. The topological polar surface area (TPSA) is 64.4 Å². The van der Waals surface area contributed by atoms with Gasteiger partial charge in [-0.15, -0.1) is 0 Å². The third-order valence-electron chi connectivity index (χ3n) is 2.95. The molecule has 0 amide bonds. The van der Waals surface area contributed by atoms with Gasteiger partial charge in [0.2, 0.25) is 0 Å². The molecule has 0 aliphatic carbocycles. The molecule has 0 aliphatic rings. The zero-order valence-electron chi connectivity index (χ0n) is 11.7. The highest BCUT2D eigenvalue weighted by atomic mass is 32.2. The van der Waals surface area contributed by atoms with E-state index in [1.807, 2.05) is 26.0 Å². The highest BCUT2D eigenvalue weighted by Gasteiger charge is 2.25. The van der Waals surface area contributed by atoms with Crippen LogP contribution in [0.5, 0.6) is 0 Å². The Kier molecular flexibility index (Phi) is 5.06. The van der Waals surface area contributed by atoms with Gasteiger partial charge >= 0.3 is 0 Å². The lowest BCUT2D eigenvalue weighted by atomic mass is 10.1. The van der Waals surface area contributed by atoms with Gasteiger partial charge in [0.15, 0.2) is 0 Å². The maximum atomic E-state index is 12.2. The second kappa shape index (κ2) is 6.15. The second-order valence-corrected chi connectivity index (χ2v) is 6.78. The number of nitrogens with zero attached hydrogens (tertiary/aromatic N) is 3. The normalized spacial score (nSPS) is 12.1. The summed E-state index contributed by atoms with van der Waals surface area (Å²) < 4.78 is 27.0. The van der Waals surface area contributed by atoms with E-state index in [1.54, 1.807) is 25.2 Å². The summed E-state index contributed by atoms with van der Waals surface area (Å²) in [5.74, 6) is 0. The lowest BCUT2D eigenvalue weighted by Gasteiger charge is -2.27. The first-order chi connectivity index (χ1) is 8.78. The Morgan fingerprint density at radius 1 is 1.32 bits per heavy atom. The molecule has 0 heterocycles. The molecule has 0 aromatic heterocycles. The van der Waals surface area contributed by atoms with Crippen LogP contribution in [0, 0.1) is 11.3 Å². The van der Waals surface area contributed by atoms with Gasteiger partial charge in [0.05, 0.1) is 11.6 Å². The number of rotatable bonds is 5. The SMILES string of the molecule is CC(C)N(C)S(=O)(=O)N(C)Cc1cccc(C#N)c1. The van der Waals surface area contributed by atoms with Crippen LogP contribution >= 0.6 is 0 Å². The Morgan fingerprint density at radius 3 is 2.47 bits per heavy atom. The van der Waals surface area contributed by atoms with Crippen LogP contribution in [0.4, 0.5) is 0 Å². The molecule has 5 nitrogen and oxygen atoms in total. The van der Waals surface area contributed by atoms with Crippen LogP contribution in [0.3, 0.4) is 0 Å². The molecule has 1 rings (SSSR count). The number of hydrogen-bond acceptors (Lipinski definition) is 3. The van der Waals surface area contributed by atoms with Crippen LogP contribution in [0.15, 0.2) is 24.3 Å². The zero-order chi connectivity index (χ0) is 14.6. The molecule has 1 aromatic rings. The fraction of sp³-hybridized carbons (Fsp3) is 0.462. The summed E-state index contributed by atoms with van der Waals surface area (Å²) in [7, 11) is -0.380. The smallest absolute Gasteiger partial charge is 0.195 e. The zero-order valence-corrected chi connectivity index (χ0v) is 12.5. The van der Waals surface area contributed by atoms with E-state index >= 15 is 0 Å². The van der Waals surface area contributed by atoms with Crippen molar-refractivity contribution in [1.82, 2.24) is 8.61 Å². The van der Waals surface area contributed by atoms with Crippen molar-refractivity contribution in [2.24, 2.45) is 0 Å². The minimum Gasteiger partial charge on any atom is -0.195 e. The molecule has 0 saturated heterocycles.